The summed E-state index contributed by atoms with van der Waals surface area (Å²) in [5, 5.41) is 14.7. The number of anilines is 1. The summed E-state index contributed by atoms with van der Waals surface area (Å²) in [7, 11) is 0. The molecule has 6 nitrogen and oxygen atoms in total. The van der Waals surface area contributed by atoms with Crippen molar-refractivity contribution in [2.45, 2.75) is 26.4 Å². The predicted molar refractivity (Wildman–Crippen MR) is 77.6 cm³/mol. The van der Waals surface area contributed by atoms with Crippen LogP contribution in [-0.4, -0.2) is 26.8 Å². The van der Waals surface area contributed by atoms with Gasteiger partial charge >= 0.3 is 0 Å². The van der Waals surface area contributed by atoms with Crippen LogP contribution in [0.15, 0.2) is 36.9 Å². The van der Waals surface area contributed by atoms with Crippen LogP contribution in [0.2, 0.25) is 0 Å². The second-order valence-corrected chi connectivity index (χ2v) is 4.28. The van der Waals surface area contributed by atoms with Crippen LogP contribution in [0.3, 0.4) is 0 Å². The number of nitrogens with one attached hydrogen (secondary N) is 1. The molecule has 0 amide bonds. The zero-order valence-corrected chi connectivity index (χ0v) is 11.6. The molecule has 0 saturated carbocycles. The molecule has 2 rings (SSSR count). The van der Waals surface area contributed by atoms with E-state index in [9.17, 15) is 0 Å². The molecule has 1 aromatic heterocycles. The van der Waals surface area contributed by atoms with Crippen molar-refractivity contribution in [1.82, 2.24) is 20.2 Å². The van der Waals surface area contributed by atoms with E-state index in [2.05, 4.69) is 34.3 Å². The van der Waals surface area contributed by atoms with E-state index in [0.29, 0.717) is 25.6 Å². The smallest absolute Gasteiger partial charge is 0.243 e. The Balaban J connectivity index is 2.02. The van der Waals surface area contributed by atoms with Crippen molar-refractivity contribution in [1.29, 1.82) is 0 Å². The number of allylic oxidation sites excluding steroid dienone is 1. The van der Waals surface area contributed by atoms with Crippen LogP contribution in [0.4, 0.5) is 5.95 Å². The van der Waals surface area contributed by atoms with Gasteiger partial charge in [0.1, 0.15) is 5.75 Å². The summed E-state index contributed by atoms with van der Waals surface area (Å²) >= 11 is 0. The number of hydrogen-bond acceptors (Lipinski definition) is 5. The van der Waals surface area contributed by atoms with Crippen LogP contribution in [0.5, 0.6) is 5.75 Å². The molecule has 6 heteroatoms. The van der Waals surface area contributed by atoms with Crippen LogP contribution in [0, 0.1) is 0 Å². The van der Waals surface area contributed by atoms with Gasteiger partial charge in [0.05, 0.1) is 13.2 Å². The quantitative estimate of drug-likeness (QED) is 0.747. The molecule has 20 heavy (non-hydrogen) atoms. The normalized spacial score (nSPS) is 10.2. The molecule has 2 aromatic rings. The standard InChI is InChI=1S/C14H19N5O/c1-3-9-19-14(16-17-18-19)15-11-12-7-5-6-8-13(12)20-10-4-2/h3,5-8H,1,4,9-11H2,2H3,(H,15,16,18). The van der Waals surface area contributed by atoms with Gasteiger partial charge in [0, 0.05) is 12.1 Å². The monoisotopic (exact) mass is 273 g/mol. The van der Waals surface area contributed by atoms with E-state index < -0.39 is 0 Å². The molecule has 0 saturated heterocycles. The zero-order valence-electron chi connectivity index (χ0n) is 11.6. The highest BCUT2D eigenvalue weighted by atomic mass is 16.5. The second-order valence-electron chi connectivity index (χ2n) is 4.28. The van der Waals surface area contributed by atoms with Crippen molar-refractivity contribution in [3.63, 3.8) is 0 Å². The topological polar surface area (TPSA) is 64.9 Å². The lowest BCUT2D eigenvalue weighted by atomic mass is 10.2. The molecule has 1 heterocycles. The Hall–Kier alpha value is -2.37. The van der Waals surface area contributed by atoms with Crippen LogP contribution in [0.25, 0.3) is 0 Å². The SMILES string of the molecule is C=CCn1nnnc1NCc1ccccc1OCCC. The number of rotatable bonds is 8. The van der Waals surface area contributed by atoms with Crippen LogP contribution >= 0.6 is 0 Å². The van der Waals surface area contributed by atoms with Gasteiger partial charge in [-0.3, -0.25) is 0 Å². The molecule has 0 spiro atoms. The molecule has 0 aliphatic rings. The Labute approximate surface area is 118 Å². The third-order valence-electron chi connectivity index (χ3n) is 2.71. The van der Waals surface area contributed by atoms with E-state index >= 15 is 0 Å². The average Bonchev–Trinajstić information content (AvgIpc) is 2.91. The highest BCUT2D eigenvalue weighted by Gasteiger charge is 2.06. The van der Waals surface area contributed by atoms with E-state index in [-0.39, 0.29) is 0 Å². The first-order valence-corrected chi connectivity index (χ1v) is 6.66. The van der Waals surface area contributed by atoms with Gasteiger partial charge in [0.25, 0.3) is 0 Å². The Morgan fingerprint density at radius 2 is 2.25 bits per heavy atom. The first kappa shape index (κ1) is 14.0. The first-order valence-electron chi connectivity index (χ1n) is 6.66. The molecule has 1 aromatic carbocycles. The van der Waals surface area contributed by atoms with Gasteiger partial charge in [-0.25, -0.2) is 4.68 Å². The zero-order chi connectivity index (χ0) is 14.2. The van der Waals surface area contributed by atoms with Gasteiger partial charge in [-0.2, -0.15) is 0 Å². The highest BCUT2D eigenvalue weighted by Crippen LogP contribution is 2.19. The van der Waals surface area contributed by atoms with Crippen LogP contribution in [0.1, 0.15) is 18.9 Å². The number of nitrogens with zero attached hydrogens (tertiary/aromatic N) is 4. The van der Waals surface area contributed by atoms with Crippen molar-refractivity contribution < 1.29 is 4.74 Å². The summed E-state index contributed by atoms with van der Waals surface area (Å²) < 4.78 is 7.37. The van der Waals surface area contributed by atoms with Crippen molar-refractivity contribution in [3.05, 3.63) is 42.5 Å². The van der Waals surface area contributed by atoms with Crippen molar-refractivity contribution in [2.24, 2.45) is 0 Å². The molecular formula is C14H19N5O. The average molecular weight is 273 g/mol. The predicted octanol–water partition coefficient (Wildman–Crippen LogP) is 2.26. The summed E-state index contributed by atoms with van der Waals surface area (Å²) in [5.41, 5.74) is 1.08. The number of aromatic nitrogens is 4. The summed E-state index contributed by atoms with van der Waals surface area (Å²) in [5.74, 6) is 1.51. The summed E-state index contributed by atoms with van der Waals surface area (Å²) in [6.45, 7) is 7.66. The lowest BCUT2D eigenvalue weighted by Gasteiger charge is -2.11. The van der Waals surface area contributed by atoms with Gasteiger partial charge < -0.3 is 10.1 Å². The third kappa shape index (κ3) is 3.57. The Morgan fingerprint density at radius 3 is 3.05 bits per heavy atom. The molecule has 0 fully saturated rings. The maximum atomic E-state index is 5.72. The first-order chi connectivity index (χ1) is 9.85. The van der Waals surface area contributed by atoms with E-state index in [1.165, 1.54) is 0 Å². The Kier molecular flexibility index (Phi) is 5.11. The second kappa shape index (κ2) is 7.28. The molecular weight excluding hydrogens is 254 g/mol. The maximum absolute atomic E-state index is 5.72. The van der Waals surface area contributed by atoms with Gasteiger partial charge in [-0.05, 0) is 22.9 Å². The van der Waals surface area contributed by atoms with Gasteiger partial charge in [0.2, 0.25) is 5.95 Å². The minimum atomic E-state index is 0.573. The molecule has 0 aliphatic carbocycles. The van der Waals surface area contributed by atoms with E-state index in [1.54, 1.807) is 10.8 Å². The molecule has 0 bridgehead atoms. The van der Waals surface area contributed by atoms with Gasteiger partial charge in [-0.1, -0.05) is 36.3 Å². The fourth-order valence-corrected chi connectivity index (χ4v) is 1.75. The number of ether oxygens (including phenoxy) is 1. The fraction of sp³-hybridized carbons (Fsp3) is 0.357. The largest absolute Gasteiger partial charge is 0.493 e. The molecule has 106 valence electrons. The lowest BCUT2D eigenvalue weighted by molar-refractivity contribution is 0.314. The minimum absolute atomic E-state index is 0.573. The van der Waals surface area contributed by atoms with Crippen molar-refractivity contribution >= 4 is 5.95 Å². The number of benzene rings is 1. The summed E-state index contributed by atoms with van der Waals surface area (Å²) in [6, 6.07) is 7.96. The third-order valence-corrected chi connectivity index (χ3v) is 2.71. The maximum Gasteiger partial charge on any atom is 0.243 e. The summed E-state index contributed by atoms with van der Waals surface area (Å²) in [4.78, 5) is 0. The number of tetrazole rings is 1. The highest BCUT2D eigenvalue weighted by molar-refractivity contribution is 5.36. The lowest BCUT2D eigenvalue weighted by Crippen LogP contribution is -2.09. The van der Waals surface area contributed by atoms with Crippen molar-refractivity contribution in [2.75, 3.05) is 11.9 Å². The van der Waals surface area contributed by atoms with E-state index in [1.807, 2.05) is 24.3 Å². The molecule has 0 atom stereocenters. The number of para-hydroxylation sites is 1. The fourth-order valence-electron chi connectivity index (χ4n) is 1.75. The van der Waals surface area contributed by atoms with E-state index in [4.69, 9.17) is 4.74 Å². The van der Waals surface area contributed by atoms with E-state index in [0.717, 1.165) is 17.7 Å². The molecule has 0 radical (unpaired) electrons. The number of hydrogen-bond donors (Lipinski definition) is 1. The molecule has 1 N–H and O–H groups in total. The van der Waals surface area contributed by atoms with Crippen molar-refractivity contribution in [3.8, 4) is 5.75 Å². The Morgan fingerprint density at radius 1 is 1.40 bits per heavy atom. The van der Waals surface area contributed by atoms with Gasteiger partial charge in [-0.15, -0.1) is 6.58 Å². The van der Waals surface area contributed by atoms with Crippen LogP contribution < -0.4 is 10.1 Å². The Bertz CT molecular complexity index is 552. The van der Waals surface area contributed by atoms with Gasteiger partial charge in [0.15, 0.2) is 0 Å². The minimum Gasteiger partial charge on any atom is -0.493 e. The van der Waals surface area contributed by atoms with Crippen LogP contribution in [-0.2, 0) is 13.1 Å². The molecule has 0 unspecified atom stereocenters. The summed E-state index contributed by atoms with van der Waals surface area (Å²) in [6.07, 6.45) is 2.74. The molecule has 0 aliphatic heterocycles.